The maximum Gasteiger partial charge on any atom is 0.375 e. The number of esters is 1. The van der Waals surface area contributed by atoms with Gasteiger partial charge in [0.25, 0.3) is 5.91 Å². The largest absolute Gasteiger partial charge is 0.450 e. The van der Waals surface area contributed by atoms with Gasteiger partial charge in [0.05, 0.1) is 6.61 Å². The highest BCUT2D eigenvalue weighted by atomic mass is 16.5. The molecule has 3 rings (SSSR count). The number of rotatable bonds is 6. The summed E-state index contributed by atoms with van der Waals surface area (Å²) >= 11 is 0. The van der Waals surface area contributed by atoms with Crippen LogP contribution in [0.25, 0.3) is 11.0 Å². The Morgan fingerprint density at radius 3 is 2.69 bits per heavy atom. The molecule has 1 N–H and O–H groups in total. The molecule has 26 heavy (non-hydrogen) atoms. The Balaban J connectivity index is 1.69. The van der Waals surface area contributed by atoms with Crippen LogP contribution in [0.4, 0.5) is 5.69 Å². The molecular formula is C20H19NO5. The van der Waals surface area contributed by atoms with Gasteiger partial charge in [-0.25, -0.2) is 4.79 Å². The molecule has 1 amide bonds. The van der Waals surface area contributed by atoms with Gasteiger partial charge < -0.3 is 19.2 Å². The number of nitrogens with one attached hydrogen (secondary N) is 1. The van der Waals surface area contributed by atoms with Crippen molar-refractivity contribution < 1.29 is 23.5 Å². The number of carbonyl (C=O) groups excluding carboxylic acids is 2. The predicted octanol–water partition coefficient (Wildman–Crippen LogP) is 3.68. The van der Waals surface area contributed by atoms with Crippen LogP contribution in [0, 0.1) is 6.92 Å². The lowest BCUT2D eigenvalue weighted by molar-refractivity contribution is -0.119. The first-order chi connectivity index (χ1) is 12.6. The Kier molecular flexibility index (Phi) is 5.34. The summed E-state index contributed by atoms with van der Waals surface area (Å²) in [5.74, 6) is -1.07. The standard InChI is InChI=1S/C20H19NO5/c1-13-6-5-7-14(10-13)21-18(22)12-25-20(23)19-16(11-24-2)15-8-3-4-9-17(15)26-19/h3-10H,11-12H2,1-2H3,(H,21,22). The molecule has 0 aliphatic carbocycles. The van der Waals surface area contributed by atoms with Gasteiger partial charge in [0, 0.05) is 23.7 Å². The van der Waals surface area contributed by atoms with E-state index in [2.05, 4.69) is 5.32 Å². The van der Waals surface area contributed by atoms with E-state index in [0.29, 0.717) is 16.8 Å². The average Bonchev–Trinajstić information content (AvgIpc) is 2.99. The van der Waals surface area contributed by atoms with Crippen molar-refractivity contribution >= 4 is 28.5 Å². The molecule has 6 nitrogen and oxygen atoms in total. The molecule has 0 unspecified atom stereocenters. The second-order valence-corrected chi connectivity index (χ2v) is 5.83. The number of hydrogen-bond donors (Lipinski definition) is 1. The summed E-state index contributed by atoms with van der Waals surface area (Å²) in [6, 6.07) is 14.6. The average molecular weight is 353 g/mol. The summed E-state index contributed by atoms with van der Waals surface area (Å²) in [4.78, 5) is 24.4. The van der Waals surface area contributed by atoms with Gasteiger partial charge in [-0.2, -0.15) is 0 Å². The monoisotopic (exact) mass is 353 g/mol. The van der Waals surface area contributed by atoms with E-state index in [9.17, 15) is 9.59 Å². The van der Waals surface area contributed by atoms with E-state index in [4.69, 9.17) is 13.9 Å². The number of ether oxygens (including phenoxy) is 2. The molecule has 0 saturated carbocycles. The molecule has 0 bridgehead atoms. The van der Waals surface area contributed by atoms with Crippen molar-refractivity contribution in [3.8, 4) is 0 Å². The summed E-state index contributed by atoms with van der Waals surface area (Å²) in [5, 5.41) is 3.47. The second-order valence-electron chi connectivity index (χ2n) is 5.83. The second kappa shape index (κ2) is 7.84. The molecule has 6 heteroatoms. The van der Waals surface area contributed by atoms with Gasteiger partial charge in [-0.05, 0) is 30.7 Å². The summed E-state index contributed by atoms with van der Waals surface area (Å²) in [6.45, 7) is 1.72. The van der Waals surface area contributed by atoms with E-state index >= 15 is 0 Å². The topological polar surface area (TPSA) is 77.8 Å². The van der Waals surface area contributed by atoms with E-state index < -0.39 is 18.5 Å². The van der Waals surface area contributed by atoms with Gasteiger partial charge >= 0.3 is 5.97 Å². The van der Waals surface area contributed by atoms with E-state index in [1.165, 1.54) is 7.11 Å². The van der Waals surface area contributed by atoms with Crippen molar-refractivity contribution in [2.75, 3.05) is 19.0 Å². The van der Waals surface area contributed by atoms with E-state index in [1.54, 1.807) is 12.1 Å². The molecule has 0 spiro atoms. The third-order valence-electron chi connectivity index (χ3n) is 3.81. The van der Waals surface area contributed by atoms with E-state index in [1.807, 2.05) is 43.3 Å². The molecule has 1 heterocycles. The molecular weight excluding hydrogens is 334 g/mol. The van der Waals surface area contributed by atoms with Crippen LogP contribution in [0.1, 0.15) is 21.7 Å². The number of aryl methyl sites for hydroxylation is 1. The van der Waals surface area contributed by atoms with Crippen LogP contribution in [0.15, 0.2) is 52.9 Å². The van der Waals surface area contributed by atoms with Crippen molar-refractivity contribution in [1.29, 1.82) is 0 Å². The number of furan rings is 1. The summed E-state index contributed by atoms with van der Waals surface area (Å²) in [7, 11) is 1.53. The van der Waals surface area contributed by atoms with Crippen molar-refractivity contribution in [2.45, 2.75) is 13.5 Å². The van der Waals surface area contributed by atoms with Gasteiger partial charge in [0.2, 0.25) is 5.76 Å². The van der Waals surface area contributed by atoms with Crippen molar-refractivity contribution in [3.05, 3.63) is 65.4 Å². The van der Waals surface area contributed by atoms with Gasteiger partial charge in [-0.3, -0.25) is 4.79 Å². The van der Waals surface area contributed by atoms with Crippen LogP contribution < -0.4 is 5.32 Å². The molecule has 0 aliphatic heterocycles. The molecule has 1 aromatic heterocycles. The SMILES string of the molecule is COCc1c(C(=O)OCC(=O)Nc2cccc(C)c2)oc2ccccc12. The molecule has 0 aliphatic rings. The number of para-hydroxylation sites is 1. The van der Waals surface area contributed by atoms with E-state index in [0.717, 1.165) is 10.9 Å². The molecule has 2 aromatic carbocycles. The van der Waals surface area contributed by atoms with Crippen molar-refractivity contribution in [3.63, 3.8) is 0 Å². The first-order valence-electron chi connectivity index (χ1n) is 8.11. The van der Waals surface area contributed by atoms with Crippen molar-refractivity contribution in [1.82, 2.24) is 0 Å². The third kappa shape index (κ3) is 3.92. The number of methoxy groups -OCH3 is 1. The Labute approximate surface area is 150 Å². The minimum absolute atomic E-state index is 0.0522. The molecule has 0 atom stereocenters. The fraction of sp³-hybridized carbons (Fsp3) is 0.200. The summed E-state index contributed by atoms with van der Waals surface area (Å²) in [6.07, 6.45) is 0. The molecule has 0 saturated heterocycles. The van der Waals surface area contributed by atoms with Crippen LogP contribution in [-0.4, -0.2) is 25.6 Å². The zero-order chi connectivity index (χ0) is 18.5. The van der Waals surface area contributed by atoms with Crippen LogP contribution in [-0.2, 0) is 20.9 Å². The number of benzene rings is 2. The highest BCUT2D eigenvalue weighted by Crippen LogP contribution is 2.27. The molecule has 134 valence electrons. The minimum Gasteiger partial charge on any atom is -0.450 e. The van der Waals surface area contributed by atoms with E-state index in [-0.39, 0.29) is 12.4 Å². The highest BCUT2D eigenvalue weighted by molar-refractivity contribution is 5.98. The smallest absolute Gasteiger partial charge is 0.375 e. The minimum atomic E-state index is -0.701. The Bertz CT molecular complexity index is 944. The third-order valence-corrected chi connectivity index (χ3v) is 3.81. The lowest BCUT2D eigenvalue weighted by atomic mass is 10.1. The maximum absolute atomic E-state index is 12.4. The van der Waals surface area contributed by atoms with Crippen LogP contribution in [0.5, 0.6) is 0 Å². The van der Waals surface area contributed by atoms with Crippen LogP contribution in [0.3, 0.4) is 0 Å². The zero-order valence-corrected chi connectivity index (χ0v) is 14.6. The van der Waals surface area contributed by atoms with Gasteiger partial charge in [-0.1, -0.05) is 30.3 Å². The van der Waals surface area contributed by atoms with Gasteiger partial charge in [0.15, 0.2) is 6.61 Å². The number of anilines is 1. The summed E-state index contributed by atoms with van der Waals surface area (Å²) in [5.41, 5.74) is 2.84. The number of hydrogen-bond acceptors (Lipinski definition) is 5. The maximum atomic E-state index is 12.4. The quantitative estimate of drug-likeness (QED) is 0.684. The molecule has 0 fully saturated rings. The fourth-order valence-corrected chi connectivity index (χ4v) is 2.67. The van der Waals surface area contributed by atoms with Crippen LogP contribution >= 0.6 is 0 Å². The van der Waals surface area contributed by atoms with Crippen LogP contribution in [0.2, 0.25) is 0 Å². The zero-order valence-electron chi connectivity index (χ0n) is 14.6. The normalized spacial score (nSPS) is 10.7. The van der Waals surface area contributed by atoms with Gasteiger partial charge in [-0.15, -0.1) is 0 Å². The molecule has 3 aromatic rings. The Hall–Kier alpha value is -3.12. The number of carbonyl (C=O) groups is 2. The number of amides is 1. The van der Waals surface area contributed by atoms with Gasteiger partial charge in [0.1, 0.15) is 5.58 Å². The Morgan fingerprint density at radius 2 is 1.92 bits per heavy atom. The predicted molar refractivity (Wildman–Crippen MR) is 97.0 cm³/mol. The number of fused-ring (bicyclic) bond motifs is 1. The molecule has 0 radical (unpaired) electrons. The van der Waals surface area contributed by atoms with Crippen molar-refractivity contribution in [2.24, 2.45) is 0 Å². The first-order valence-corrected chi connectivity index (χ1v) is 8.11. The highest BCUT2D eigenvalue weighted by Gasteiger charge is 2.22. The Morgan fingerprint density at radius 1 is 1.12 bits per heavy atom. The summed E-state index contributed by atoms with van der Waals surface area (Å²) < 4.78 is 15.9. The fourth-order valence-electron chi connectivity index (χ4n) is 2.67. The lowest BCUT2D eigenvalue weighted by Crippen LogP contribution is -2.21. The first kappa shape index (κ1) is 17.7. The lowest BCUT2D eigenvalue weighted by Gasteiger charge is -2.07.